The van der Waals surface area contributed by atoms with Crippen LogP contribution in [0.4, 0.5) is 11.5 Å². The van der Waals surface area contributed by atoms with Gasteiger partial charge in [0.25, 0.3) is 0 Å². The van der Waals surface area contributed by atoms with Gasteiger partial charge in [-0.05, 0) is 87.1 Å². The molecule has 0 bridgehead atoms. The van der Waals surface area contributed by atoms with Crippen LogP contribution in [0.1, 0.15) is 65.5 Å². The molecule has 244 valence electrons. The van der Waals surface area contributed by atoms with E-state index in [9.17, 15) is 19.6 Å². The highest BCUT2D eigenvalue weighted by Gasteiger charge is 2.37. The third kappa shape index (κ3) is 5.91. The van der Waals surface area contributed by atoms with Crippen LogP contribution in [0.15, 0.2) is 59.0 Å². The fourth-order valence-corrected chi connectivity index (χ4v) is 6.12. The fourth-order valence-electron chi connectivity index (χ4n) is 5.94. The van der Waals surface area contributed by atoms with Gasteiger partial charge < -0.3 is 19.0 Å². The van der Waals surface area contributed by atoms with Crippen LogP contribution in [0.2, 0.25) is 0 Å². The minimum absolute atomic E-state index is 0.0922. The number of benzene rings is 3. The van der Waals surface area contributed by atoms with Crippen molar-refractivity contribution in [3.05, 3.63) is 82.8 Å². The molecule has 11 nitrogen and oxygen atoms in total. The molecule has 1 N–H and O–H groups in total. The van der Waals surface area contributed by atoms with Crippen molar-refractivity contribution in [1.29, 1.82) is 5.26 Å². The number of rotatable bonds is 6. The molecule has 1 aliphatic heterocycles. The van der Waals surface area contributed by atoms with Gasteiger partial charge in [-0.2, -0.15) is 5.26 Å². The summed E-state index contributed by atoms with van der Waals surface area (Å²) in [6.07, 6.45) is 1.19. The number of fused-ring (bicyclic) bond motifs is 2. The Hall–Kier alpha value is -5.47. The SMILES string of the molecule is Cc1c(-c2cccc(N(Cl)C(=O)c3nc4c(n3C)CC(C)C(C(=O)OC(C)(C)C)N4)c2)cccc1-c1nc2cc(C=O)cc(C#N)c2o1. The van der Waals surface area contributed by atoms with Crippen LogP contribution in [-0.2, 0) is 23.0 Å². The van der Waals surface area contributed by atoms with E-state index in [1.807, 2.05) is 58.9 Å². The summed E-state index contributed by atoms with van der Waals surface area (Å²) < 4.78 is 14.4. The number of halogens is 1. The molecule has 1 aliphatic rings. The van der Waals surface area contributed by atoms with Crippen LogP contribution in [-0.4, -0.2) is 44.3 Å². The lowest BCUT2D eigenvalue weighted by molar-refractivity contribution is -0.157. The number of carbonyl (C=O) groups is 3. The zero-order valence-corrected chi connectivity index (χ0v) is 28.0. The summed E-state index contributed by atoms with van der Waals surface area (Å²) >= 11 is 6.69. The number of hydrogen-bond acceptors (Lipinski definition) is 9. The monoisotopic (exact) mass is 664 g/mol. The van der Waals surface area contributed by atoms with E-state index in [1.54, 1.807) is 35.9 Å². The number of imidazole rings is 1. The number of nitrogens with zero attached hydrogens (tertiary/aromatic N) is 5. The van der Waals surface area contributed by atoms with Gasteiger partial charge in [-0.1, -0.05) is 31.2 Å². The average molecular weight is 665 g/mol. The predicted molar refractivity (Wildman–Crippen MR) is 182 cm³/mol. The Morgan fingerprint density at radius 2 is 1.88 bits per heavy atom. The van der Waals surface area contributed by atoms with Gasteiger partial charge in [0.1, 0.15) is 35.3 Å². The van der Waals surface area contributed by atoms with Gasteiger partial charge in [0.15, 0.2) is 5.58 Å². The number of nitrogens with one attached hydrogen (secondary N) is 1. The van der Waals surface area contributed by atoms with Crippen LogP contribution in [0.5, 0.6) is 0 Å². The Labute approximate surface area is 282 Å². The number of aromatic nitrogens is 3. The number of aldehydes is 1. The summed E-state index contributed by atoms with van der Waals surface area (Å²) in [6, 6.07) is 17.4. The minimum Gasteiger partial charge on any atom is -0.458 e. The molecule has 0 aliphatic carbocycles. The van der Waals surface area contributed by atoms with E-state index in [1.165, 1.54) is 6.07 Å². The van der Waals surface area contributed by atoms with Crippen molar-refractivity contribution in [2.75, 3.05) is 9.74 Å². The molecule has 0 saturated heterocycles. The molecule has 0 spiro atoms. The second-order valence-corrected chi connectivity index (χ2v) is 13.2. The lowest BCUT2D eigenvalue weighted by Gasteiger charge is -2.31. The number of anilines is 2. The molecule has 0 radical (unpaired) electrons. The molecular formula is C36H33ClN6O5. The fraction of sp³-hybridized carbons (Fsp3) is 0.278. The van der Waals surface area contributed by atoms with E-state index in [4.69, 9.17) is 20.9 Å². The van der Waals surface area contributed by atoms with E-state index in [0.717, 1.165) is 26.8 Å². The number of nitriles is 1. The highest BCUT2D eigenvalue weighted by Crippen LogP contribution is 2.36. The van der Waals surface area contributed by atoms with E-state index in [-0.39, 0.29) is 23.3 Å². The number of esters is 1. The number of ether oxygens (including phenoxy) is 1. The van der Waals surface area contributed by atoms with Crippen molar-refractivity contribution in [3.8, 4) is 28.7 Å². The molecule has 48 heavy (non-hydrogen) atoms. The van der Waals surface area contributed by atoms with Gasteiger partial charge in [0.05, 0.1) is 16.9 Å². The molecule has 1 amide bonds. The average Bonchev–Trinajstić information content (AvgIpc) is 3.63. The highest BCUT2D eigenvalue weighted by molar-refractivity contribution is 6.39. The predicted octanol–water partition coefficient (Wildman–Crippen LogP) is 7.00. The molecular weight excluding hydrogens is 632 g/mol. The first-order valence-corrected chi connectivity index (χ1v) is 15.7. The van der Waals surface area contributed by atoms with Crippen LogP contribution in [0.25, 0.3) is 33.7 Å². The Morgan fingerprint density at radius 1 is 1.15 bits per heavy atom. The van der Waals surface area contributed by atoms with E-state index < -0.39 is 17.6 Å². The molecule has 3 heterocycles. The number of amides is 1. The van der Waals surface area contributed by atoms with Crippen molar-refractivity contribution in [2.45, 2.75) is 52.7 Å². The second kappa shape index (κ2) is 12.3. The van der Waals surface area contributed by atoms with Gasteiger partial charge in [0.2, 0.25) is 11.7 Å². The Morgan fingerprint density at radius 3 is 2.58 bits per heavy atom. The maximum Gasteiger partial charge on any atom is 0.329 e. The Balaban J connectivity index is 1.28. The first kappa shape index (κ1) is 32.5. The molecule has 2 atom stereocenters. The normalized spacial score (nSPS) is 15.7. The van der Waals surface area contributed by atoms with Crippen molar-refractivity contribution in [2.24, 2.45) is 13.0 Å². The lowest BCUT2D eigenvalue weighted by Crippen LogP contribution is -2.44. The van der Waals surface area contributed by atoms with Gasteiger partial charge in [-0.25, -0.2) is 19.2 Å². The molecule has 12 heteroatoms. The first-order valence-electron chi connectivity index (χ1n) is 15.3. The summed E-state index contributed by atoms with van der Waals surface area (Å²) in [6.45, 7) is 9.33. The molecule has 2 aromatic heterocycles. The Bertz CT molecular complexity index is 2150. The molecule has 2 unspecified atom stereocenters. The van der Waals surface area contributed by atoms with Gasteiger partial charge in [-0.3, -0.25) is 9.59 Å². The molecule has 3 aromatic carbocycles. The Kier molecular flexibility index (Phi) is 8.31. The van der Waals surface area contributed by atoms with Crippen LogP contribution in [0, 0.1) is 24.2 Å². The third-order valence-corrected chi connectivity index (χ3v) is 8.69. The summed E-state index contributed by atoms with van der Waals surface area (Å²) in [5.41, 5.74) is 5.06. The van der Waals surface area contributed by atoms with E-state index in [0.29, 0.717) is 52.3 Å². The quantitative estimate of drug-likeness (QED) is 0.115. The third-order valence-electron chi connectivity index (χ3n) is 8.34. The maximum absolute atomic E-state index is 13.7. The van der Waals surface area contributed by atoms with Crippen LogP contribution < -0.4 is 9.74 Å². The highest BCUT2D eigenvalue weighted by atomic mass is 35.5. The molecule has 6 rings (SSSR count). The van der Waals surface area contributed by atoms with Gasteiger partial charge in [-0.15, -0.1) is 0 Å². The lowest BCUT2D eigenvalue weighted by atomic mass is 9.92. The van der Waals surface area contributed by atoms with E-state index in [2.05, 4.69) is 21.4 Å². The van der Waals surface area contributed by atoms with Crippen molar-refractivity contribution in [1.82, 2.24) is 14.5 Å². The summed E-state index contributed by atoms with van der Waals surface area (Å²) in [7, 11) is 1.75. The standard InChI is InChI=1S/C36H33ClN6O5/c1-19-13-28-31(40-29(19)35(46)48-36(3,4)5)41-32(42(28)6)34(45)43(37)24-10-7-9-22(16-24)25-11-8-12-26(20(25)2)33-39-27-15-21(18-44)14-23(17-38)30(27)47-33/h7-12,14-16,18-19,29,40H,13H2,1-6H3. The zero-order chi connectivity index (χ0) is 34.5. The number of hydrogen-bond donors (Lipinski definition) is 1. The molecule has 5 aromatic rings. The van der Waals surface area contributed by atoms with Crippen LogP contribution in [0.3, 0.4) is 0 Å². The smallest absolute Gasteiger partial charge is 0.329 e. The number of carbonyl (C=O) groups excluding carboxylic acids is 3. The van der Waals surface area contributed by atoms with Crippen LogP contribution >= 0.6 is 11.8 Å². The second-order valence-electron chi connectivity index (χ2n) is 12.9. The summed E-state index contributed by atoms with van der Waals surface area (Å²) in [5.74, 6) is -0.119. The summed E-state index contributed by atoms with van der Waals surface area (Å²) in [4.78, 5) is 47.1. The van der Waals surface area contributed by atoms with Crippen molar-refractivity contribution in [3.63, 3.8) is 0 Å². The van der Waals surface area contributed by atoms with E-state index >= 15 is 0 Å². The maximum atomic E-state index is 13.7. The first-order chi connectivity index (χ1) is 22.8. The zero-order valence-electron chi connectivity index (χ0n) is 27.3. The van der Waals surface area contributed by atoms with Gasteiger partial charge in [0, 0.05) is 30.0 Å². The molecule has 0 fully saturated rings. The summed E-state index contributed by atoms with van der Waals surface area (Å²) in [5, 5.41) is 12.8. The topological polar surface area (TPSA) is 143 Å². The van der Waals surface area contributed by atoms with Crippen molar-refractivity contribution >= 4 is 52.5 Å². The van der Waals surface area contributed by atoms with Crippen molar-refractivity contribution < 1.29 is 23.5 Å². The number of oxazole rings is 1. The van der Waals surface area contributed by atoms with Gasteiger partial charge >= 0.3 is 11.9 Å². The largest absolute Gasteiger partial charge is 0.458 e. The molecule has 0 saturated carbocycles. The minimum atomic E-state index is -0.633.